The van der Waals surface area contributed by atoms with Crippen molar-refractivity contribution < 1.29 is 14.4 Å². The summed E-state index contributed by atoms with van der Waals surface area (Å²) >= 11 is 0. The van der Waals surface area contributed by atoms with Crippen LogP contribution in [0.15, 0.2) is 66.9 Å². The smallest absolute Gasteiger partial charge is 0.272 e. The van der Waals surface area contributed by atoms with Crippen LogP contribution in [0, 0.1) is 5.92 Å². The van der Waals surface area contributed by atoms with Gasteiger partial charge in [0.05, 0.1) is 0 Å². The van der Waals surface area contributed by atoms with Gasteiger partial charge in [-0.05, 0) is 60.2 Å². The van der Waals surface area contributed by atoms with Gasteiger partial charge in [0, 0.05) is 44.0 Å². The fraction of sp³-hybridized carbons (Fsp3) is 0.400. The van der Waals surface area contributed by atoms with E-state index in [4.69, 9.17) is 0 Å². The molecular weight excluding hydrogens is 464 g/mol. The Morgan fingerprint density at radius 3 is 2.27 bits per heavy atom. The van der Waals surface area contributed by atoms with Crippen LogP contribution in [-0.2, 0) is 4.79 Å². The van der Waals surface area contributed by atoms with Gasteiger partial charge in [0.1, 0.15) is 11.7 Å². The third-order valence-electron chi connectivity index (χ3n) is 8.37. The number of benzene rings is 2. The zero-order valence-corrected chi connectivity index (χ0v) is 21.0. The largest absolute Gasteiger partial charge is 0.337 e. The molecule has 0 N–H and O–H groups in total. The number of carbonyl (C=O) groups excluding carboxylic acids is 3. The van der Waals surface area contributed by atoms with Crippen LogP contribution in [0.1, 0.15) is 53.0 Å². The van der Waals surface area contributed by atoms with Crippen molar-refractivity contribution >= 4 is 28.5 Å². The summed E-state index contributed by atoms with van der Waals surface area (Å²) in [5.41, 5.74) is 1.07. The van der Waals surface area contributed by atoms with E-state index in [1.54, 1.807) is 29.3 Å². The second-order valence-corrected chi connectivity index (χ2v) is 10.5. The van der Waals surface area contributed by atoms with Gasteiger partial charge in [0.25, 0.3) is 11.8 Å². The monoisotopic (exact) mass is 496 g/mol. The Labute approximate surface area is 217 Å². The topological polar surface area (TPSA) is 73.8 Å². The lowest BCUT2D eigenvalue weighted by atomic mass is 9.84. The Balaban J connectivity index is 1.20. The molecule has 0 spiro atoms. The number of nitrogens with zero attached hydrogens (tertiary/aromatic N) is 4. The van der Waals surface area contributed by atoms with Gasteiger partial charge in [-0.3, -0.25) is 19.4 Å². The van der Waals surface area contributed by atoms with Crippen molar-refractivity contribution in [2.24, 2.45) is 5.92 Å². The Morgan fingerprint density at radius 1 is 0.757 bits per heavy atom. The highest BCUT2D eigenvalue weighted by molar-refractivity contribution is 6.01. The number of fused-ring (bicyclic) bond motifs is 2. The van der Waals surface area contributed by atoms with Crippen LogP contribution in [0.25, 0.3) is 10.8 Å². The molecule has 1 saturated carbocycles. The van der Waals surface area contributed by atoms with Crippen LogP contribution in [0.5, 0.6) is 0 Å². The maximum Gasteiger partial charge on any atom is 0.272 e. The van der Waals surface area contributed by atoms with Crippen molar-refractivity contribution in [1.82, 2.24) is 19.7 Å². The highest BCUT2D eigenvalue weighted by Gasteiger charge is 2.48. The summed E-state index contributed by atoms with van der Waals surface area (Å²) in [5, 5.41) is 2.13. The molecule has 0 unspecified atom stereocenters. The Hall–Kier alpha value is -3.74. The number of likely N-dealkylation sites (tertiary alicyclic amines) is 1. The number of piperazine rings is 1. The van der Waals surface area contributed by atoms with Crippen molar-refractivity contribution in [3.8, 4) is 0 Å². The third-order valence-corrected chi connectivity index (χ3v) is 8.37. The molecule has 37 heavy (non-hydrogen) atoms. The SMILES string of the molecule is O=C(c1ccccn1)N1CCN(C(=O)[C@@H]2C[C@@H]3CCCC[C@@H]3N2C(=O)c2ccc3ccccc3c2)CC1. The minimum absolute atomic E-state index is 0.0217. The van der Waals surface area contributed by atoms with Gasteiger partial charge in [-0.25, -0.2) is 0 Å². The van der Waals surface area contributed by atoms with E-state index in [-0.39, 0.29) is 23.8 Å². The number of hydrogen-bond acceptors (Lipinski definition) is 4. The Morgan fingerprint density at radius 2 is 1.49 bits per heavy atom. The van der Waals surface area contributed by atoms with E-state index in [9.17, 15) is 14.4 Å². The van der Waals surface area contributed by atoms with Gasteiger partial charge in [-0.1, -0.05) is 49.2 Å². The van der Waals surface area contributed by atoms with Crippen molar-refractivity contribution in [1.29, 1.82) is 0 Å². The van der Waals surface area contributed by atoms with E-state index in [0.717, 1.165) is 42.9 Å². The van der Waals surface area contributed by atoms with Gasteiger partial charge in [-0.15, -0.1) is 0 Å². The second-order valence-electron chi connectivity index (χ2n) is 10.5. The lowest BCUT2D eigenvalue weighted by Crippen LogP contribution is -2.56. The normalized spacial score (nSPS) is 23.7. The molecule has 6 rings (SSSR count). The summed E-state index contributed by atoms with van der Waals surface area (Å²) < 4.78 is 0. The van der Waals surface area contributed by atoms with E-state index >= 15 is 0 Å². The molecule has 7 nitrogen and oxygen atoms in total. The zero-order chi connectivity index (χ0) is 25.4. The van der Waals surface area contributed by atoms with Gasteiger partial charge in [0.2, 0.25) is 5.91 Å². The summed E-state index contributed by atoms with van der Waals surface area (Å²) in [6.07, 6.45) is 6.64. The van der Waals surface area contributed by atoms with Crippen molar-refractivity contribution in [2.75, 3.05) is 26.2 Å². The molecule has 0 radical (unpaired) electrons. The number of aromatic nitrogens is 1. The van der Waals surface area contributed by atoms with E-state index < -0.39 is 6.04 Å². The Bertz CT molecular complexity index is 1320. The molecule has 1 aromatic heterocycles. The molecule has 190 valence electrons. The predicted octanol–water partition coefficient (Wildman–Crippen LogP) is 3.99. The number of carbonyl (C=O) groups is 3. The summed E-state index contributed by atoms with van der Waals surface area (Å²) in [4.78, 5) is 50.3. The maximum absolute atomic E-state index is 13.9. The van der Waals surface area contributed by atoms with E-state index in [1.807, 2.05) is 52.3 Å². The standard InChI is InChI=1S/C30H32N4O3/c35-28(24-13-12-21-7-1-2-8-22(21)19-24)34-26-11-4-3-9-23(26)20-27(34)30(37)33-17-15-32(16-18-33)29(36)25-10-5-6-14-31-25/h1-2,5-8,10,12-14,19,23,26-27H,3-4,9,11,15-18,20H2/t23-,26-,27-/m0/s1. The van der Waals surface area contributed by atoms with E-state index in [2.05, 4.69) is 4.98 Å². The van der Waals surface area contributed by atoms with E-state index in [0.29, 0.717) is 43.4 Å². The maximum atomic E-state index is 13.9. The highest BCUT2D eigenvalue weighted by Crippen LogP contribution is 2.41. The average molecular weight is 497 g/mol. The summed E-state index contributed by atoms with van der Waals surface area (Å²) in [7, 11) is 0. The van der Waals surface area contributed by atoms with Crippen LogP contribution in [0.2, 0.25) is 0 Å². The van der Waals surface area contributed by atoms with Crippen LogP contribution in [0.4, 0.5) is 0 Å². The Kier molecular flexibility index (Phi) is 6.37. The van der Waals surface area contributed by atoms with E-state index in [1.165, 1.54) is 0 Å². The summed E-state index contributed by atoms with van der Waals surface area (Å²) in [6, 6.07) is 18.9. The molecule has 1 aliphatic carbocycles. The van der Waals surface area contributed by atoms with Gasteiger partial charge in [0.15, 0.2) is 0 Å². The van der Waals surface area contributed by atoms with Crippen molar-refractivity contribution in [3.05, 3.63) is 78.1 Å². The summed E-state index contributed by atoms with van der Waals surface area (Å²) in [5.74, 6) is 0.253. The molecule has 2 aromatic carbocycles. The molecule has 2 saturated heterocycles. The van der Waals surface area contributed by atoms with Gasteiger partial charge < -0.3 is 14.7 Å². The summed E-state index contributed by atoms with van der Waals surface area (Å²) in [6.45, 7) is 1.89. The zero-order valence-electron chi connectivity index (χ0n) is 21.0. The predicted molar refractivity (Wildman–Crippen MR) is 141 cm³/mol. The number of amides is 3. The molecular formula is C30H32N4O3. The fourth-order valence-electron chi connectivity index (χ4n) is 6.44. The minimum Gasteiger partial charge on any atom is -0.337 e. The molecule has 3 aliphatic rings. The lowest BCUT2D eigenvalue weighted by molar-refractivity contribution is -0.137. The molecule has 3 amide bonds. The van der Waals surface area contributed by atoms with Gasteiger partial charge >= 0.3 is 0 Å². The molecule has 3 aromatic rings. The molecule has 3 heterocycles. The molecule has 7 heteroatoms. The van der Waals surface area contributed by atoms with Crippen LogP contribution in [0.3, 0.4) is 0 Å². The van der Waals surface area contributed by atoms with Crippen LogP contribution < -0.4 is 0 Å². The molecule has 0 bridgehead atoms. The lowest BCUT2D eigenvalue weighted by Gasteiger charge is -2.38. The molecule has 3 fully saturated rings. The van der Waals surface area contributed by atoms with Gasteiger partial charge in [-0.2, -0.15) is 0 Å². The first-order valence-electron chi connectivity index (χ1n) is 13.4. The van der Waals surface area contributed by atoms with Crippen LogP contribution in [-0.4, -0.2) is 75.7 Å². The number of rotatable bonds is 3. The average Bonchev–Trinajstić information content (AvgIpc) is 3.36. The minimum atomic E-state index is -0.440. The quantitative estimate of drug-likeness (QED) is 0.550. The second kappa shape index (κ2) is 9.96. The number of pyridine rings is 1. The first kappa shape index (κ1) is 23.6. The first-order valence-corrected chi connectivity index (χ1v) is 13.4. The first-order chi connectivity index (χ1) is 18.1. The molecule has 2 aliphatic heterocycles. The molecule has 3 atom stereocenters. The number of hydrogen-bond donors (Lipinski definition) is 0. The highest BCUT2D eigenvalue weighted by atomic mass is 16.2. The third kappa shape index (κ3) is 4.47. The van der Waals surface area contributed by atoms with Crippen molar-refractivity contribution in [3.63, 3.8) is 0 Å². The fourth-order valence-corrected chi connectivity index (χ4v) is 6.44. The van der Waals surface area contributed by atoms with Crippen LogP contribution >= 0.6 is 0 Å². The van der Waals surface area contributed by atoms with Crippen molar-refractivity contribution in [2.45, 2.75) is 44.2 Å².